The van der Waals surface area contributed by atoms with Crippen molar-refractivity contribution in [3.05, 3.63) is 76.3 Å². The van der Waals surface area contributed by atoms with Crippen LogP contribution in [0.2, 0.25) is 5.02 Å². The second-order valence-corrected chi connectivity index (χ2v) is 12.3. The number of Topliss-reactive ketones (excluding diaryl/α,β-unsaturated/α-hetero) is 1. The zero-order chi connectivity index (χ0) is 31.4. The zero-order valence-corrected chi connectivity index (χ0v) is 26.3. The maximum Gasteiger partial charge on any atom is 0.252 e. The van der Waals surface area contributed by atoms with Crippen LogP contribution in [0.5, 0.6) is 17.2 Å². The molecule has 11 heteroatoms. The number of carbonyl (C=O) groups excluding carboxylic acids is 2. The van der Waals surface area contributed by atoms with Gasteiger partial charge >= 0.3 is 0 Å². The third-order valence-corrected chi connectivity index (χ3v) is 7.95. The van der Waals surface area contributed by atoms with Gasteiger partial charge in [-0.25, -0.2) is 4.52 Å². The molecule has 1 saturated heterocycles. The van der Waals surface area contributed by atoms with Gasteiger partial charge in [-0.05, 0) is 34.6 Å². The summed E-state index contributed by atoms with van der Waals surface area (Å²) in [5, 5.41) is 1.01. The zero-order valence-electron chi connectivity index (χ0n) is 25.5. The summed E-state index contributed by atoms with van der Waals surface area (Å²) in [4.78, 5) is 31.9. The van der Waals surface area contributed by atoms with Crippen LogP contribution in [0.4, 0.5) is 0 Å². The third-order valence-electron chi connectivity index (χ3n) is 7.60. The van der Waals surface area contributed by atoms with E-state index in [1.807, 2.05) is 10.8 Å². The summed E-state index contributed by atoms with van der Waals surface area (Å²) in [5.41, 5.74) is 7.70. The minimum absolute atomic E-state index is 0.0232. The predicted octanol–water partition coefficient (Wildman–Crippen LogP) is 4.65. The molecule has 3 heterocycles. The first-order valence-corrected chi connectivity index (χ1v) is 15.0. The number of pyridine rings is 1. The van der Waals surface area contributed by atoms with Gasteiger partial charge in [0, 0.05) is 47.6 Å². The minimum atomic E-state index is -0.622. The number of morpholine rings is 1. The van der Waals surface area contributed by atoms with Gasteiger partial charge in [0.1, 0.15) is 23.0 Å². The number of ether oxygens (including phenoxy) is 3. The standard InChI is InChI=1S/C33H37ClN4O6/c1-33(2,3)31-17-22(38(44-31)10-9-37-11-13-42-14-12-37)16-23(39)15-21-5-6-24(18-27(21)34)43-29-7-8-36-28-20-30(41-4)26(32(35)40)19-25(28)29/h5-8,17-20H,9-16H2,1-4H3,(H-,35,40)/p+1. The average molecular weight is 622 g/mol. The van der Waals surface area contributed by atoms with E-state index < -0.39 is 5.91 Å². The number of nitrogens with two attached hydrogens (primary N) is 1. The summed E-state index contributed by atoms with van der Waals surface area (Å²) in [6.45, 7) is 11.0. The van der Waals surface area contributed by atoms with Crippen LogP contribution in [-0.2, 0) is 34.3 Å². The predicted molar refractivity (Wildman–Crippen MR) is 166 cm³/mol. The van der Waals surface area contributed by atoms with Crippen molar-refractivity contribution in [2.24, 2.45) is 5.73 Å². The van der Waals surface area contributed by atoms with Gasteiger partial charge in [0.25, 0.3) is 5.91 Å². The van der Waals surface area contributed by atoms with Crippen molar-refractivity contribution < 1.29 is 33.1 Å². The number of benzene rings is 2. The molecule has 0 unspecified atom stereocenters. The number of hydrogen-bond acceptors (Lipinski definition) is 8. The number of halogens is 1. The van der Waals surface area contributed by atoms with Crippen LogP contribution in [0.3, 0.4) is 0 Å². The van der Waals surface area contributed by atoms with Gasteiger partial charge in [0.05, 0.1) is 50.4 Å². The number of amides is 1. The molecular weight excluding hydrogens is 584 g/mol. The third kappa shape index (κ3) is 7.38. The fourth-order valence-corrected chi connectivity index (χ4v) is 5.34. The average Bonchev–Trinajstić information content (AvgIpc) is 3.40. The highest BCUT2D eigenvalue weighted by Gasteiger charge is 2.29. The van der Waals surface area contributed by atoms with Crippen LogP contribution in [0.25, 0.3) is 10.9 Å². The maximum absolute atomic E-state index is 13.3. The van der Waals surface area contributed by atoms with E-state index in [9.17, 15) is 9.59 Å². The number of methoxy groups -OCH3 is 1. The molecule has 0 aliphatic carbocycles. The molecule has 4 aromatic rings. The number of aromatic nitrogens is 2. The smallest absolute Gasteiger partial charge is 0.252 e. The van der Waals surface area contributed by atoms with Gasteiger partial charge in [0.15, 0.2) is 5.76 Å². The van der Waals surface area contributed by atoms with Crippen LogP contribution >= 0.6 is 11.6 Å². The highest BCUT2D eigenvalue weighted by atomic mass is 35.5. The normalized spacial score (nSPS) is 14.1. The van der Waals surface area contributed by atoms with Crippen LogP contribution in [0, 0.1) is 0 Å². The number of fused-ring (bicyclic) bond motifs is 1. The Bertz CT molecular complexity index is 1670. The monoisotopic (exact) mass is 621 g/mol. The molecular formula is C33H38ClN4O6+. The van der Waals surface area contributed by atoms with E-state index in [-0.39, 0.29) is 29.6 Å². The topological polar surface area (TPSA) is 121 Å². The van der Waals surface area contributed by atoms with Crippen LogP contribution in [0.15, 0.2) is 53.2 Å². The number of ketones is 1. The Morgan fingerprint density at radius 1 is 1.07 bits per heavy atom. The van der Waals surface area contributed by atoms with Gasteiger partial charge in [-0.3, -0.25) is 19.5 Å². The molecule has 232 valence electrons. The Morgan fingerprint density at radius 2 is 1.84 bits per heavy atom. The SMILES string of the molecule is COc1cc2nccc(Oc3ccc(CC(=O)Cc4cc(C(C)(C)C)o[n+]4CCN4CCOCC4)c(Cl)c3)c2cc1C(N)=O. The fraction of sp³-hybridized carbons (Fsp3) is 0.394. The van der Waals surface area contributed by atoms with Crippen molar-refractivity contribution in [3.8, 4) is 17.2 Å². The number of primary amides is 1. The van der Waals surface area contributed by atoms with Crippen LogP contribution in [0.1, 0.15) is 48.1 Å². The summed E-state index contributed by atoms with van der Waals surface area (Å²) < 4.78 is 24.9. The summed E-state index contributed by atoms with van der Waals surface area (Å²) in [6.07, 6.45) is 1.99. The van der Waals surface area contributed by atoms with Crippen molar-refractivity contribution in [3.63, 3.8) is 0 Å². The van der Waals surface area contributed by atoms with E-state index in [2.05, 4.69) is 30.7 Å². The fourth-order valence-electron chi connectivity index (χ4n) is 5.10. The molecule has 44 heavy (non-hydrogen) atoms. The summed E-state index contributed by atoms with van der Waals surface area (Å²) >= 11 is 6.64. The van der Waals surface area contributed by atoms with Crippen molar-refractivity contribution in [2.45, 2.75) is 45.6 Å². The number of hydrogen-bond donors (Lipinski definition) is 1. The second kappa shape index (κ2) is 13.3. The van der Waals surface area contributed by atoms with Gasteiger partial charge in [-0.2, -0.15) is 0 Å². The van der Waals surface area contributed by atoms with Crippen molar-refractivity contribution in [2.75, 3.05) is 40.0 Å². The lowest BCUT2D eigenvalue weighted by Crippen LogP contribution is -2.45. The molecule has 2 N–H and O–H groups in total. The molecule has 1 amide bonds. The largest absolute Gasteiger partial charge is 0.496 e. The molecule has 2 aromatic heterocycles. The number of carbonyl (C=O) groups is 2. The summed E-state index contributed by atoms with van der Waals surface area (Å²) in [5.74, 6) is 1.52. The number of rotatable bonds is 11. The van der Waals surface area contributed by atoms with Crippen molar-refractivity contribution >= 4 is 34.2 Å². The molecule has 1 aliphatic rings. The first-order chi connectivity index (χ1) is 21.0. The quantitative estimate of drug-likeness (QED) is 0.240. The van der Waals surface area contributed by atoms with Gasteiger partial charge < -0.3 is 19.9 Å². The van der Waals surface area contributed by atoms with Gasteiger partial charge in [-0.15, -0.1) is 0 Å². The summed E-state index contributed by atoms with van der Waals surface area (Å²) in [6, 6.07) is 12.1. The Hall–Kier alpha value is -3.99. The molecule has 0 bridgehead atoms. The van der Waals surface area contributed by atoms with Crippen molar-refractivity contribution in [1.82, 2.24) is 9.88 Å². The molecule has 0 spiro atoms. The van der Waals surface area contributed by atoms with Crippen molar-refractivity contribution in [1.29, 1.82) is 0 Å². The first-order valence-electron chi connectivity index (χ1n) is 14.6. The maximum atomic E-state index is 13.3. The Morgan fingerprint density at radius 3 is 2.52 bits per heavy atom. The highest BCUT2D eigenvalue weighted by Crippen LogP contribution is 2.34. The first kappa shape index (κ1) is 31.4. The molecule has 10 nitrogen and oxygen atoms in total. The van der Waals surface area contributed by atoms with E-state index >= 15 is 0 Å². The second-order valence-electron chi connectivity index (χ2n) is 11.9. The van der Waals surface area contributed by atoms with Gasteiger partial charge in [-0.1, -0.05) is 38.4 Å². The van der Waals surface area contributed by atoms with E-state index in [0.29, 0.717) is 45.3 Å². The molecule has 0 radical (unpaired) electrons. The van der Waals surface area contributed by atoms with E-state index in [4.69, 9.17) is 36.1 Å². The Kier molecular flexibility index (Phi) is 9.53. The molecule has 0 atom stereocenters. The molecule has 0 saturated carbocycles. The minimum Gasteiger partial charge on any atom is -0.496 e. The highest BCUT2D eigenvalue weighted by molar-refractivity contribution is 6.31. The van der Waals surface area contributed by atoms with E-state index in [1.54, 1.807) is 42.6 Å². The lowest BCUT2D eigenvalue weighted by atomic mass is 9.93. The van der Waals surface area contributed by atoms with Crippen LogP contribution < -0.4 is 19.9 Å². The van der Waals surface area contributed by atoms with Crippen LogP contribution in [-0.4, -0.2) is 61.5 Å². The molecule has 1 aliphatic heterocycles. The molecule has 1 fully saturated rings. The number of nitrogens with zero attached hydrogens (tertiary/aromatic N) is 3. The lowest BCUT2D eigenvalue weighted by molar-refractivity contribution is -0.869. The molecule has 2 aromatic carbocycles. The van der Waals surface area contributed by atoms with E-state index in [0.717, 1.165) is 44.3 Å². The van der Waals surface area contributed by atoms with E-state index in [1.165, 1.54) is 7.11 Å². The summed E-state index contributed by atoms with van der Waals surface area (Å²) in [7, 11) is 1.46. The van der Waals surface area contributed by atoms with Gasteiger partial charge in [0.2, 0.25) is 12.2 Å². The lowest BCUT2D eigenvalue weighted by Gasteiger charge is -2.24. The molecule has 5 rings (SSSR count). The Balaban J connectivity index is 1.29. The Labute approximate surface area is 261 Å².